The van der Waals surface area contributed by atoms with Crippen molar-refractivity contribution >= 4 is 22.7 Å². The van der Waals surface area contributed by atoms with Gasteiger partial charge in [-0.2, -0.15) is 5.26 Å². The molecule has 1 aromatic heterocycles. The largest absolute Gasteiger partial charge is 0.481 e. The highest BCUT2D eigenvalue weighted by atomic mass is 16.4. The van der Waals surface area contributed by atoms with Crippen molar-refractivity contribution in [2.24, 2.45) is 11.8 Å². The smallest absolute Gasteiger partial charge is 0.307 e. The highest BCUT2D eigenvalue weighted by Crippen LogP contribution is 2.36. The lowest BCUT2D eigenvalue weighted by Gasteiger charge is -2.14. The number of carbonyl (C=O) groups excluding carboxylic acids is 1. The van der Waals surface area contributed by atoms with Gasteiger partial charge in [0.15, 0.2) is 5.78 Å². The molecule has 1 aliphatic rings. The van der Waals surface area contributed by atoms with E-state index in [-0.39, 0.29) is 5.78 Å². The Kier molecular flexibility index (Phi) is 3.22. The summed E-state index contributed by atoms with van der Waals surface area (Å²) in [5, 5.41) is 19.0. The van der Waals surface area contributed by atoms with Crippen LogP contribution in [0.25, 0.3) is 10.9 Å². The second kappa shape index (κ2) is 5.06. The number of Topliss-reactive ketones (excluding diaryl/α,β-unsaturated/α-hetero) is 1. The van der Waals surface area contributed by atoms with Gasteiger partial charge in [-0.25, -0.2) is 0 Å². The number of nitriles is 1. The molecule has 1 heterocycles. The van der Waals surface area contributed by atoms with E-state index < -0.39 is 17.8 Å². The number of nitrogens with one attached hydrogen (secondary N) is 1. The molecule has 0 aliphatic heterocycles. The number of hydrogen-bond acceptors (Lipinski definition) is 3. The molecular formula is C16H14N2O3. The summed E-state index contributed by atoms with van der Waals surface area (Å²) < 4.78 is 0. The highest BCUT2D eigenvalue weighted by Gasteiger charge is 2.38. The second-order valence-corrected chi connectivity index (χ2v) is 5.39. The lowest BCUT2D eigenvalue weighted by Crippen LogP contribution is -2.25. The molecule has 0 radical (unpaired) electrons. The van der Waals surface area contributed by atoms with Crippen LogP contribution in [0.2, 0.25) is 0 Å². The number of benzene rings is 1. The molecular weight excluding hydrogens is 268 g/mol. The lowest BCUT2D eigenvalue weighted by atomic mass is 9.88. The second-order valence-electron chi connectivity index (χ2n) is 5.39. The van der Waals surface area contributed by atoms with Crippen molar-refractivity contribution in [3.63, 3.8) is 0 Å². The van der Waals surface area contributed by atoms with Crippen LogP contribution >= 0.6 is 0 Å². The van der Waals surface area contributed by atoms with Gasteiger partial charge in [0, 0.05) is 28.6 Å². The van der Waals surface area contributed by atoms with E-state index in [1.165, 1.54) is 0 Å². The molecule has 3 rings (SSSR count). The van der Waals surface area contributed by atoms with Crippen LogP contribution < -0.4 is 0 Å². The Balaban J connectivity index is 2.07. The van der Waals surface area contributed by atoms with E-state index in [1.54, 1.807) is 24.4 Å². The van der Waals surface area contributed by atoms with E-state index in [9.17, 15) is 20.0 Å². The van der Waals surface area contributed by atoms with Gasteiger partial charge >= 0.3 is 5.97 Å². The zero-order valence-electron chi connectivity index (χ0n) is 11.3. The number of hydrogen-bond donors (Lipinski definition) is 2. The summed E-state index contributed by atoms with van der Waals surface area (Å²) in [6, 6.07) is 7.30. The Bertz CT molecular complexity index is 769. The standard InChI is InChI=1S/C16H14N2O3/c17-7-9-3-1-6-13-14(9)12(8-18-13)15(19)10-4-2-5-11(10)16(20)21/h1,3,6,8,10-11,18H,2,4-5H2,(H,20,21). The van der Waals surface area contributed by atoms with Gasteiger partial charge in [-0.1, -0.05) is 12.5 Å². The molecule has 1 fully saturated rings. The molecule has 5 heteroatoms. The first-order valence-electron chi connectivity index (χ1n) is 6.90. The van der Waals surface area contributed by atoms with Gasteiger partial charge in [0.2, 0.25) is 0 Å². The third-order valence-electron chi connectivity index (χ3n) is 4.26. The first-order valence-corrected chi connectivity index (χ1v) is 6.90. The first kappa shape index (κ1) is 13.4. The van der Waals surface area contributed by atoms with Crippen molar-refractivity contribution in [3.8, 4) is 6.07 Å². The quantitative estimate of drug-likeness (QED) is 0.846. The minimum Gasteiger partial charge on any atom is -0.481 e. The molecule has 1 saturated carbocycles. The molecule has 2 N–H and O–H groups in total. The lowest BCUT2D eigenvalue weighted by molar-refractivity contribution is -0.142. The van der Waals surface area contributed by atoms with Gasteiger partial charge in [-0.05, 0) is 25.0 Å². The van der Waals surface area contributed by atoms with E-state index in [1.807, 2.05) is 0 Å². The van der Waals surface area contributed by atoms with E-state index in [2.05, 4.69) is 11.1 Å². The van der Waals surface area contributed by atoms with Gasteiger partial charge in [0.25, 0.3) is 0 Å². The van der Waals surface area contributed by atoms with E-state index >= 15 is 0 Å². The molecule has 0 saturated heterocycles. The maximum absolute atomic E-state index is 12.7. The van der Waals surface area contributed by atoms with Crippen LogP contribution in [0.3, 0.4) is 0 Å². The average molecular weight is 282 g/mol. The van der Waals surface area contributed by atoms with Crippen LogP contribution in [0, 0.1) is 23.2 Å². The van der Waals surface area contributed by atoms with E-state index in [0.717, 1.165) is 11.9 Å². The molecule has 1 aromatic carbocycles. The predicted octanol–water partition coefficient (Wildman–Crippen LogP) is 2.72. The number of carboxylic acids is 1. The number of aliphatic carboxylic acids is 1. The van der Waals surface area contributed by atoms with E-state index in [0.29, 0.717) is 29.4 Å². The van der Waals surface area contributed by atoms with Crippen molar-refractivity contribution < 1.29 is 14.7 Å². The Labute approximate surface area is 121 Å². The molecule has 2 unspecified atom stereocenters. The number of aromatic amines is 1. The van der Waals surface area contributed by atoms with Gasteiger partial charge in [0.1, 0.15) is 0 Å². The minimum atomic E-state index is -0.911. The zero-order chi connectivity index (χ0) is 15.0. The highest BCUT2D eigenvalue weighted by molar-refractivity contribution is 6.11. The number of ketones is 1. The van der Waals surface area contributed by atoms with Crippen LogP contribution in [-0.2, 0) is 4.79 Å². The number of aromatic nitrogens is 1. The number of H-pyrrole nitrogens is 1. The number of rotatable bonds is 3. The summed E-state index contributed by atoms with van der Waals surface area (Å²) >= 11 is 0. The fraction of sp³-hybridized carbons (Fsp3) is 0.312. The normalized spacial score (nSPS) is 21.3. The Hall–Kier alpha value is -2.61. The minimum absolute atomic E-state index is 0.172. The monoisotopic (exact) mass is 282 g/mol. The summed E-state index contributed by atoms with van der Waals surface area (Å²) in [6.45, 7) is 0. The first-order chi connectivity index (χ1) is 10.1. The third kappa shape index (κ3) is 2.09. The maximum Gasteiger partial charge on any atom is 0.307 e. The van der Waals surface area contributed by atoms with E-state index in [4.69, 9.17) is 0 Å². The molecule has 0 bridgehead atoms. The van der Waals surface area contributed by atoms with Crippen LogP contribution in [-0.4, -0.2) is 21.8 Å². The third-order valence-corrected chi connectivity index (χ3v) is 4.26. The Morgan fingerprint density at radius 1 is 1.29 bits per heavy atom. The molecule has 2 atom stereocenters. The van der Waals surface area contributed by atoms with Crippen molar-refractivity contribution in [1.82, 2.24) is 4.98 Å². The van der Waals surface area contributed by atoms with Crippen molar-refractivity contribution in [3.05, 3.63) is 35.5 Å². The van der Waals surface area contributed by atoms with Crippen molar-refractivity contribution in [2.45, 2.75) is 19.3 Å². The summed E-state index contributed by atoms with van der Waals surface area (Å²) in [5.74, 6) is -2.19. The number of fused-ring (bicyclic) bond motifs is 1. The molecule has 21 heavy (non-hydrogen) atoms. The van der Waals surface area contributed by atoms with Crippen molar-refractivity contribution in [2.75, 3.05) is 0 Å². The topological polar surface area (TPSA) is 94.0 Å². The van der Waals surface area contributed by atoms with Crippen molar-refractivity contribution in [1.29, 1.82) is 5.26 Å². The van der Waals surface area contributed by atoms with Crippen LogP contribution in [0.15, 0.2) is 24.4 Å². The SMILES string of the molecule is N#Cc1cccc2[nH]cc(C(=O)C3CCCC3C(=O)O)c12. The predicted molar refractivity (Wildman–Crippen MR) is 75.8 cm³/mol. The molecule has 0 amide bonds. The van der Waals surface area contributed by atoms with Gasteiger partial charge in [-0.15, -0.1) is 0 Å². The molecule has 2 aromatic rings. The van der Waals surface area contributed by atoms with Crippen LogP contribution in [0.4, 0.5) is 0 Å². The molecule has 106 valence electrons. The van der Waals surface area contributed by atoms with Crippen LogP contribution in [0.1, 0.15) is 35.2 Å². The fourth-order valence-electron chi connectivity index (χ4n) is 3.24. The maximum atomic E-state index is 12.7. The molecule has 5 nitrogen and oxygen atoms in total. The number of carboxylic acid groups (broad SMARTS) is 1. The summed E-state index contributed by atoms with van der Waals surface area (Å²) in [7, 11) is 0. The Morgan fingerprint density at radius 2 is 2.05 bits per heavy atom. The fourth-order valence-corrected chi connectivity index (χ4v) is 3.24. The number of carbonyl (C=O) groups is 2. The van der Waals surface area contributed by atoms with Gasteiger partial charge in [-0.3, -0.25) is 9.59 Å². The summed E-state index contributed by atoms with van der Waals surface area (Å²) in [6.07, 6.45) is 3.47. The molecule has 0 spiro atoms. The van der Waals surface area contributed by atoms with Gasteiger partial charge in [0.05, 0.1) is 17.6 Å². The van der Waals surface area contributed by atoms with Gasteiger partial charge < -0.3 is 10.1 Å². The zero-order valence-corrected chi connectivity index (χ0v) is 11.3. The summed E-state index contributed by atoms with van der Waals surface area (Å²) in [5.41, 5.74) is 1.59. The van der Waals surface area contributed by atoms with Crippen LogP contribution in [0.5, 0.6) is 0 Å². The summed E-state index contributed by atoms with van der Waals surface area (Å²) in [4.78, 5) is 27.0. The Morgan fingerprint density at radius 3 is 2.76 bits per heavy atom. The number of nitrogens with zero attached hydrogens (tertiary/aromatic N) is 1. The molecule has 1 aliphatic carbocycles. The average Bonchev–Trinajstić information content (AvgIpc) is 3.12.